The largest absolute Gasteiger partial charge is 0.487 e. The summed E-state index contributed by atoms with van der Waals surface area (Å²) in [5.74, 6) is 0.0659. The van der Waals surface area contributed by atoms with Crippen molar-refractivity contribution >= 4 is 11.9 Å². The number of amides is 1. The molecule has 0 fully saturated rings. The molecule has 1 aliphatic rings. The topological polar surface area (TPSA) is 66.8 Å². The van der Waals surface area contributed by atoms with E-state index in [1.54, 1.807) is 11.0 Å². The molecule has 0 saturated carbocycles. The van der Waals surface area contributed by atoms with Gasteiger partial charge in [-0.05, 0) is 54.2 Å². The van der Waals surface area contributed by atoms with Crippen molar-refractivity contribution in [3.63, 3.8) is 0 Å². The van der Waals surface area contributed by atoms with E-state index in [4.69, 9.17) is 9.84 Å². The van der Waals surface area contributed by atoms with Gasteiger partial charge in [0.1, 0.15) is 11.4 Å². The Balaban J connectivity index is 1.74. The molecule has 2 aromatic rings. The zero-order valence-electron chi connectivity index (χ0n) is 19.0. The van der Waals surface area contributed by atoms with Crippen molar-refractivity contribution < 1.29 is 19.4 Å². The van der Waals surface area contributed by atoms with Crippen LogP contribution in [-0.2, 0) is 24.1 Å². The van der Waals surface area contributed by atoms with Crippen molar-refractivity contribution in [1.29, 1.82) is 0 Å². The van der Waals surface area contributed by atoms with E-state index in [2.05, 4.69) is 38.1 Å². The smallest absolute Gasteiger partial charge is 0.305 e. The minimum atomic E-state index is -0.897. The zero-order chi connectivity index (χ0) is 22.6. The number of aryl methyl sites for hydroxylation is 1. The lowest BCUT2D eigenvalue weighted by molar-refractivity contribution is -0.137. The second kappa shape index (κ2) is 9.54. The second-order valence-corrected chi connectivity index (χ2v) is 9.19. The Labute approximate surface area is 185 Å². The van der Waals surface area contributed by atoms with Crippen LogP contribution in [0.4, 0.5) is 0 Å². The highest BCUT2D eigenvalue weighted by Crippen LogP contribution is 2.37. The predicted octanol–water partition coefficient (Wildman–Crippen LogP) is 4.76. The molecule has 0 bridgehead atoms. The van der Waals surface area contributed by atoms with Crippen LogP contribution in [0.15, 0.2) is 42.5 Å². The first-order valence-corrected chi connectivity index (χ1v) is 11.1. The molecule has 1 heterocycles. The summed E-state index contributed by atoms with van der Waals surface area (Å²) in [4.78, 5) is 25.7. The van der Waals surface area contributed by atoms with Crippen LogP contribution in [-0.4, -0.2) is 40.6 Å². The number of fused-ring (bicyclic) bond motifs is 1. The molecular weight excluding hydrogens is 390 g/mol. The minimum Gasteiger partial charge on any atom is -0.487 e. The van der Waals surface area contributed by atoms with Crippen LogP contribution >= 0.6 is 0 Å². The Morgan fingerprint density at radius 3 is 2.42 bits per heavy atom. The van der Waals surface area contributed by atoms with E-state index in [1.807, 2.05) is 26.0 Å². The fraction of sp³-hybridized carbons (Fsp3) is 0.462. The summed E-state index contributed by atoms with van der Waals surface area (Å²) in [6.07, 6.45) is 2.50. The van der Waals surface area contributed by atoms with Gasteiger partial charge in [0.2, 0.25) is 0 Å². The van der Waals surface area contributed by atoms with E-state index >= 15 is 0 Å². The highest BCUT2D eigenvalue weighted by Gasteiger charge is 2.35. The van der Waals surface area contributed by atoms with Crippen molar-refractivity contribution in [3.05, 3.63) is 64.7 Å². The van der Waals surface area contributed by atoms with Crippen molar-refractivity contribution in [2.24, 2.45) is 5.92 Å². The van der Waals surface area contributed by atoms with Crippen LogP contribution < -0.4 is 4.74 Å². The Morgan fingerprint density at radius 2 is 1.81 bits per heavy atom. The first-order chi connectivity index (χ1) is 14.7. The number of nitrogens with zero attached hydrogens (tertiary/aromatic N) is 1. The molecule has 0 spiro atoms. The third kappa shape index (κ3) is 5.87. The van der Waals surface area contributed by atoms with Crippen molar-refractivity contribution in [1.82, 2.24) is 4.90 Å². The molecule has 0 aliphatic carbocycles. The van der Waals surface area contributed by atoms with Gasteiger partial charge in [-0.25, -0.2) is 0 Å². The third-order valence-electron chi connectivity index (χ3n) is 5.71. The second-order valence-electron chi connectivity index (χ2n) is 9.19. The monoisotopic (exact) mass is 423 g/mol. The van der Waals surface area contributed by atoms with E-state index in [1.165, 1.54) is 11.1 Å². The molecule has 1 amide bonds. The van der Waals surface area contributed by atoms with Gasteiger partial charge in [-0.3, -0.25) is 9.59 Å². The Morgan fingerprint density at radius 1 is 1.13 bits per heavy atom. The summed E-state index contributed by atoms with van der Waals surface area (Å²) in [7, 11) is 0. The first-order valence-electron chi connectivity index (χ1n) is 11.1. The summed E-state index contributed by atoms with van der Waals surface area (Å²) < 4.78 is 6.29. The van der Waals surface area contributed by atoms with Gasteiger partial charge in [0.05, 0.1) is 6.42 Å². The summed E-state index contributed by atoms with van der Waals surface area (Å²) in [5, 5.41) is 9.03. The molecule has 166 valence electrons. The minimum absolute atomic E-state index is 0.0542. The molecule has 1 aliphatic heterocycles. The maximum absolute atomic E-state index is 13.1. The number of carbonyl (C=O) groups excluding carboxylic acids is 1. The SMILES string of the molecule is CCc1ccc(C[C@]2(C)Cc3cc(C(=O)N(CCC(=O)O)CC(C)C)ccc3O2)cc1. The van der Waals surface area contributed by atoms with E-state index in [9.17, 15) is 9.59 Å². The molecule has 0 aromatic heterocycles. The number of ether oxygens (including phenoxy) is 1. The predicted molar refractivity (Wildman–Crippen MR) is 122 cm³/mol. The molecule has 2 aromatic carbocycles. The number of carbonyl (C=O) groups is 2. The van der Waals surface area contributed by atoms with Crippen LogP contribution in [0.25, 0.3) is 0 Å². The zero-order valence-corrected chi connectivity index (χ0v) is 19.0. The number of aliphatic carboxylic acids is 1. The van der Waals surface area contributed by atoms with Gasteiger partial charge in [0.25, 0.3) is 5.91 Å². The Hall–Kier alpha value is -2.82. The molecule has 31 heavy (non-hydrogen) atoms. The lowest BCUT2D eigenvalue weighted by atomic mass is 9.91. The van der Waals surface area contributed by atoms with E-state index in [0.29, 0.717) is 12.1 Å². The van der Waals surface area contributed by atoms with E-state index in [0.717, 1.165) is 30.6 Å². The summed E-state index contributed by atoms with van der Waals surface area (Å²) in [5.41, 5.74) is 3.83. The molecule has 0 unspecified atom stereocenters. The number of carboxylic acids is 1. The Bertz CT molecular complexity index is 935. The van der Waals surface area contributed by atoms with E-state index < -0.39 is 5.97 Å². The molecule has 5 nitrogen and oxygen atoms in total. The lowest BCUT2D eigenvalue weighted by Crippen LogP contribution is -2.36. The van der Waals surface area contributed by atoms with Gasteiger partial charge in [0.15, 0.2) is 0 Å². The summed E-state index contributed by atoms with van der Waals surface area (Å²) in [6, 6.07) is 14.2. The number of benzene rings is 2. The van der Waals surface area contributed by atoms with Crippen molar-refractivity contribution in [3.8, 4) is 5.75 Å². The van der Waals surface area contributed by atoms with Crippen molar-refractivity contribution in [2.45, 2.75) is 59.0 Å². The summed E-state index contributed by atoms with van der Waals surface area (Å²) >= 11 is 0. The molecule has 0 radical (unpaired) electrons. The highest BCUT2D eigenvalue weighted by molar-refractivity contribution is 5.95. The average Bonchev–Trinajstić information content (AvgIpc) is 3.05. The van der Waals surface area contributed by atoms with Gasteiger partial charge in [-0.15, -0.1) is 0 Å². The Kier molecular flexibility index (Phi) is 7.04. The maximum atomic E-state index is 13.1. The number of hydrogen-bond acceptors (Lipinski definition) is 3. The van der Waals surface area contributed by atoms with Gasteiger partial charge < -0.3 is 14.7 Å². The molecule has 1 N–H and O–H groups in total. The van der Waals surface area contributed by atoms with Crippen LogP contribution in [0, 0.1) is 5.92 Å². The molecule has 5 heteroatoms. The standard InChI is InChI=1S/C26H33NO4/c1-5-19-6-8-20(9-7-19)15-26(4)16-22-14-21(10-11-23(22)31-26)25(30)27(17-18(2)3)13-12-24(28)29/h6-11,14,18H,5,12-13,15-17H2,1-4H3,(H,28,29)/t26-/m1/s1. The number of hydrogen-bond donors (Lipinski definition) is 1. The fourth-order valence-corrected chi connectivity index (χ4v) is 4.21. The van der Waals surface area contributed by atoms with E-state index in [-0.39, 0.29) is 30.4 Å². The van der Waals surface area contributed by atoms with Crippen LogP contribution in [0.5, 0.6) is 5.75 Å². The van der Waals surface area contributed by atoms with Gasteiger partial charge >= 0.3 is 5.97 Å². The number of carboxylic acid groups (broad SMARTS) is 1. The van der Waals surface area contributed by atoms with Gasteiger partial charge in [-0.2, -0.15) is 0 Å². The molecule has 1 atom stereocenters. The molecule has 0 saturated heterocycles. The van der Waals surface area contributed by atoms with Gasteiger partial charge in [0, 0.05) is 31.5 Å². The number of rotatable bonds is 9. The highest BCUT2D eigenvalue weighted by atomic mass is 16.5. The van der Waals surface area contributed by atoms with Gasteiger partial charge in [-0.1, -0.05) is 45.0 Å². The summed E-state index contributed by atoms with van der Waals surface area (Å²) in [6.45, 7) is 9.05. The molecular formula is C26H33NO4. The maximum Gasteiger partial charge on any atom is 0.305 e. The average molecular weight is 424 g/mol. The molecule has 3 rings (SSSR count). The third-order valence-corrected chi connectivity index (χ3v) is 5.71. The van der Waals surface area contributed by atoms with Crippen molar-refractivity contribution in [2.75, 3.05) is 13.1 Å². The normalized spacial score (nSPS) is 17.3. The quantitative estimate of drug-likeness (QED) is 0.632. The fourth-order valence-electron chi connectivity index (χ4n) is 4.21. The lowest BCUT2D eigenvalue weighted by Gasteiger charge is -2.24. The first kappa shape index (κ1) is 22.9. The van der Waals surface area contributed by atoms with Crippen LogP contribution in [0.3, 0.4) is 0 Å². The van der Waals surface area contributed by atoms with Crippen LogP contribution in [0.1, 0.15) is 61.2 Å². The van der Waals surface area contributed by atoms with Crippen LogP contribution in [0.2, 0.25) is 0 Å².